The molecule has 0 amide bonds. The van der Waals surface area contributed by atoms with Crippen LogP contribution in [0.4, 0.5) is 0 Å². The molecule has 0 aliphatic heterocycles. The van der Waals surface area contributed by atoms with Gasteiger partial charge in [-0.05, 0) is 18.8 Å². The summed E-state index contributed by atoms with van der Waals surface area (Å²) in [6.07, 6.45) is 4.21. The highest BCUT2D eigenvalue weighted by atomic mass is 16.5. The minimum atomic E-state index is 0.425. The molecule has 0 saturated heterocycles. The maximum absolute atomic E-state index is 5.45. The van der Waals surface area contributed by atoms with Crippen molar-refractivity contribution in [1.29, 1.82) is 0 Å². The van der Waals surface area contributed by atoms with Gasteiger partial charge in [0.1, 0.15) is 0 Å². The highest BCUT2D eigenvalue weighted by Gasteiger charge is 2.28. The van der Waals surface area contributed by atoms with E-state index in [9.17, 15) is 0 Å². The molecule has 1 fully saturated rings. The van der Waals surface area contributed by atoms with E-state index in [1.807, 2.05) is 7.11 Å². The zero-order valence-electron chi connectivity index (χ0n) is 8.38. The van der Waals surface area contributed by atoms with Crippen LogP contribution in [0.3, 0.4) is 0 Å². The molecule has 0 N–H and O–H groups in total. The molecule has 2 heteroatoms. The van der Waals surface area contributed by atoms with Crippen molar-refractivity contribution in [2.45, 2.75) is 32.3 Å². The third-order valence-corrected chi connectivity index (χ3v) is 2.87. The van der Waals surface area contributed by atoms with Crippen LogP contribution in [0.2, 0.25) is 0 Å². The van der Waals surface area contributed by atoms with Crippen molar-refractivity contribution in [2.24, 2.45) is 11.8 Å². The Morgan fingerprint density at radius 2 is 2.00 bits per heavy atom. The third kappa shape index (κ3) is 2.46. The first-order valence-electron chi connectivity index (χ1n) is 4.79. The molecular weight excluding hydrogens is 152 g/mol. The first kappa shape index (κ1) is 10.0. The molecule has 0 spiro atoms. The number of methoxy groups -OCH3 is 2. The van der Waals surface area contributed by atoms with Gasteiger partial charge in [0.2, 0.25) is 0 Å². The number of hydrogen-bond acceptors (Lipinski definition) is 2. The number of ether oxygens (including phenoxy) is 2. The molecule has 0 heterocycles. The van der Waals surface area contributed by atoms with Crippen molar-refractivity contribution in [1.82, 2.24) is 0 Å². The Hall–Kier alpha value is -0.0800. The molecule has 2 nitrogen and oxygen atoms in total. The predicted octanol–water partition coefficient (Wildman–Crippen LogP) is 2.08. The van der Waals surface area contributed by atoms with Gasteiger partial charge in [-0.2, -0.15) is 0 Å². The molecule has 0 bridgehead atoms. The van der Waals surface area contributed by atoms with E-state index in [1.54, 1.807) is 7.11 Å². The minimum absolute atomic E-state index is 0.425. The normalized spacial score (nSPS) is 36.8. The van der Waals surface area contributed by atoms with E-state index in [0.717, 1.165) is 12.5 Å². The zero-order valence-corrected chi connectivity index (χ0v) is 8.38. The molecule has 1 aliphatic carbocycles. The molecular formula is C10H20O2. The lowest BCUT2D eigenvalue weighted by molar-refractivity contribution is -0.0224. The second-order valence-corrected chi connectivity index (χ2v) is 3.91. The average Bonchev–Trinajstić information content (AvgIpc) is 2.08. The van der Waals surface area contributed by atoms with Gasteiger partial charge in [-0.15, -0.1) is 0 Å². The maximum Gasteiger partial charge on any atom is 0.0624 e. The fourth-order valence-electron chi connectivity index (χ4n) is 2.08. The van der Waals surface area contributed by atoms with Gasteiger partial charge in [0.05, 0.1) is 12.7 Å². The van der Waals surface area contributed by atoms with Crippen LogP contribution in [0.25, 0.3) is 0 Å². The minimum Gasteiger partial charge on any atom is -0.384 e. The molecule has 0 unspecified atom stereocenters. The van der Waals surface area contributed by atoms with Crippen LogP contribution in [-0.4, -0.2) is 26.9 Å². The van der Waals surface area contributed by atoms with Crippen molar-refractivity contribution < 1.29 is 9.47 Å². The van der Waals surface area contributed by atoms with Gasteiger partial charge in [-0.3, -0.25) is 0 Å². The van der Waals surface area contributed by atoms with Crippen molar-refractivity contribution in [2.75, 3.05) is 20.8 Å². The lowest BCUT2D eigenvalue weighted by Crippen LogP contribution is -2.32. The van der Waals surface area contributed by atoms with Crippen molar-refractivity contribution in [3.63, 3.8) is 0 Å². The molecule has 12 heavy (non-hydrogen) atoms. The van der Waals surface area contributed by atoms with Crippen LogP contribution >= 0.6 is 0 Å². The van der Waals surface area contributed by atoms with Crippen molar-refractivity contribution in [3.05, 3.63) is 0 Å². The van der Waals surface area contributed by atoms with E-state index in [2.05, 4.69) is 6.92 Å². The van der Waals surface area contributed by atoms with Gasteiger partial charge in [-0.25, -0.2) is 0 Å². The quantitative estimate of drug-likeness (QED) is 0.649. The summed E-state index contributed by atoms with van der Waals surface area (Å²) in [6, 6.07) is 0. The number of hydrogen-bond donors (Lipinski definition) is 0. The van der Waals surface area contributed by atoms with Crippen molar-refractivity contribution in [3.8, 4) is 0 Å². The Bertz CT molecular complexity index is 125. The first-order valence-corrected chi connectivity index (χ1v) is 4.79. The van der Waals surface area contributed by atoms with Gasteiger partial charge < -0.3 is 9.47 Å². The SMILES string of the molecule is COC[C@H]1CC[C@@H](C)C[C@H]1OC. The monoisotopic (exact) mass is 172 g/mol. The van der Waals surface area contributed by atoms with E-state index in [4.69, 9.17) is 9.47 Å². The zero-order chi connectivity index (χ0) is 8.97. The smallest absolute Gasteiger partial charge is 0.0624 e. The summed E-state index contributed by atoms with van der Waals surface area (Å²) < 4.78 is 10.6. The van der Waals surface area contributed by atoms with E-state index in [-0.39, 0.29) is 0 Å². The van der Waals surface area contributed by atoms with Gasteiger partial charge in [0.15, 0.2) is 0 Å². The first-order chi connectivity index (χ1) is 5.77. The summed E-state index contributed by atoms with van der Waals surface area (Å²) in [5, 5.41) is 0. The van der Waals surface area contributed by atoms with E-state index < -0.39 is 0 Å². The molecule has 0 aromatic heterocycles. The average molecular weight is 172 g/mol. The predicted molar refractivity (Wildman–Crippen MR) is 49.2 cm³/mol. The fraction of sp³-hybridized carbons (Fsp3) is 1.00. The summed E-state index contributed by atoms with van der Waals surface area (Å²) in [6.45, 7) is 3.15. The Labute approximate surface area is 75.2 Å². The van der Waals surface area contributed by atoms with Gasteiger partial charge in [0.25, 0.3) is 0 Å². The Morgan fingerprint density at radius 1 is 1.25 bits per heavy atom. The molecule has 1 rings (SSSR count). The molecule has 3 atom stereocenters. The standard InChI is InChI=1S/C10H20O2/c1-8-4-5-9(7-11-2)10(6-8)12-3/h8-10H,4-7H2,1-3H3/t8-,9-,10-/m1/s1. The van der Waals surface area contributed by atoms with Crippen LogP contribution in [0.5, 0.6) is 0 Å². The van der Waals surface area contributed by atoms with Crippen LogP contribution < -0.4 is 0 Å². The van der Waals surface area contributed by atoms with Crippen LogP contribution in [0.1, 0.15) is 26.2 Å². The summed E-state index contributed by atoms with van der Waals surface area (Å²) in [7, 11) is 3.58. The number of rotatable bonds is 3. The summed E-state index contributed by atoms with van der Waals surface area (Å²) >= 11 is 0. The second kappa shape index (κ2) is 4.83. The van der Waals surface area contributed by atoms with Crippen LogP contribution in [0, 0.1) is 11.8 Å². The lowest BCUT2D eigenvalue weighted by atomic mass is 9.81. The van der Waals surface area contributed by atoms with E-state index in [1.165, 1.54) is 19.3 Å². The van der Waals surface area contributed by atoms with Gasteiger partial charge in [0, 0.05) is 20.1 Å². The van der Waals surface area contributed by atoms with Crippen molar-refractivity contribution >= 4 is 0 Å². The molecule has 0 aromatic rings. The fourth-order valence-corrected chi connectivity index (χ4v) is 2.08. The van der Waals surface area contributed by atoms with Crippen LogP contribution in [0.15, 0.2) is 0 Å². The maximum atomic E-state index is 5.45. The summed E-state index contributed by atoms with van der Waals surface area (Å²) in [4.78, 5) is 0. The highest BCUT2D eigenvalue weighted by Crippen LogP contribution is 2.30. The Balaban J connectivity index is 2.39. The lowest BCUT2D eigenvalue weighted by Gasteiger charge is -2.33. The van der Waals surface area contributed by atoms with Crippen LogP contribution in [-0.2, 0) is 9.47 Å². The molecule has 1 aliphatic rings. The molecule has 0 radical (unpaired) electrons. The Kier molecular flexibility index (Phi) is 4.02. The second-order valence-electron chi connectivity index (χ2n) is 3.91. The molecule has 1 saturated carbocycles. The highest BCUT2D eigenvalue weighted by molar-refractivity contribution is 4.78. The van der Waals surface area contributed by atoms with Gasteiger partial charge >= 0.3 is 0 Å². The third-order valence-electron chi connectivity index (χ3n) is 2.87. The molecule has 72 valence electrons. The summed E-state index contributed by atoms with van der Waals surface area (Å²) in [5.41, 5.74) is 0. The molecule has 0 aromatic carbocycles. The van der Waals surface area contributed by atoms with E-state index >= 15 is 0 Å². The van der Waals surface area contributed by atoms with Gasteiger partial charge in [-0.1, -0.05) is 13.3 Å². The topological polar surface area (TPSA) is 18.5 Å². The summed E-state index contributed by atoms with van der Waals surface area (Å²) in [5.74, 6) is 1.44. The Morgan fingerprint density at radius 3 is 2.58 bits per heavy atom. The largest absolute Gasteiger partial charge is 0.384 e. The van der Waals surface area contributed by atoms with E-state index in [0.29, 0.717) is 12.0 Å².